The topological polar surface area (TPSA) is 47.6 Å². The Morgan fingerprint density at radius 2 is 1.91 bits per heavy atom. The fourth-order valence-corrected chi connectivity index (χ4v) is 2.08. The van der Waals surface area contributed by atoms with Crippen LogP contribution in [0.1, 0.15) is 15.9 Å². The first kappa shape index (κ1) is 16.2. The smallest absolute Gasteiger partial charge is 0.255 e. The zero-order chi connectivity index (χ0) is 15.9. The summed E-state index contributed by atoms with van der Waals surface area (Å²) >= 11 is 5.80. The number of carbonyl (C=O) groups is 1. The number of hydrogen-bond acceptors (Lipinski definition) is 3. The molecule has 0 aliphatic rings. The molecule has 0 aliphatic carbocycles. The Hall–Kier alpha value is -2.20. The van der Waals surface area contributed by atoms with Crippen LogP contribution < -0.4 is 14.8 Å². The van der Waals surface area contributed by atoms with Crippen molar-refractivity contribution in [2.24, 2.45) is 0 Å². The normalized spacial score (nSPS) is 10.1. The van der Waals surface area contributed by atoms with E-state index in [-0.39, 0.29) is 5.91 Å². The number of aryl methyl sites for hydroxylation is 1. The molecule has 0 radical (unpaired) electrons. The molecule has 2 aromatic carbocycles. The van der Waals surface area contributed by atoms with Crippen molar-refractivity contribution in [3.05, 3.63) is 58.6 Å². The molecule has 116 valence electrons. The van der Waals surface area contributed by atoms with E-state index >= 15 is 0 Å². The van der Waals surface area contributed by atoms with Gasteiger partial charge in [-0.1, -0.05) is 23.2 Å². The third-order valence-electron chi connectivity index (χ3n) is 3.07. The van der Waals surface area contributed by atoms with Crippen LogP contribution in [0.5, 0.6) is 11.5 Å². The third kappa shape index (κ3) is 4.40. The van der Waals surface area contributed by atoms with Gasteiger partial charge in [-0.15, -0.1) is 0 Å². The van der Waals surface area contributed by atoms with Crippen LogP contribution in [0.3, 0.4) is 0 Å². The fraction of sp³-hybridized carbons (Fsp3) is 0.235. The lowest BCUT2D eigenvalue weighted by molar-refractivity contribution is 0.0944. The molecule has 1 N–H and O–H groups in total. The number of benzene rings is 2. The number of rotatable bonds is 6. The highest BCUT2D eigenvalue weighted by molar-refractivity contribution is 6.30. The zero-order valence-electron chi connectivity index (χ0n) is 12.6. The van der Waals surface area contributed by atoms with E-state index in [0.29, 0.717) is 35.2 Å². The average molecular weight is 320 g/mol. The second kappa shape index (κ2) is 7.71. The molecule has 5 heteroatoms. The molecule has 0 saturated carbocycles. The molecule has 1 amide bonds. The Morgan fingerprint density at radius 3 is 2.59 bits per heavy atom. The number of ether oxygens (including phenoxy) is 2. The molecular formula is C17H18ClNO3. The molecular weight excluding hydrogens is 302 g/mol. The number of nitrogens with one attached hydrogen (secondary N) is 1. The van der Waals surface area contributed by atoms with Crippen LogP contribution in [0.15, 0.2) is 42.5 Å². The first-order valence-corrected chi connectivity index (χ1v) is 7.29. The molecule has 0 saturated heterocycles. The lowest BCUT2D eigenvalue weighted by Crippen LogP contribution is -2.28. The number of amides is 1. The van der Waals surface area contributed by atoms with Gasteiger partial charge in [-0.25, -0.2) is 0 Å². The van der Waals surface area contributed by atoms with Gasteiger partial charge in [-0.2, -0.15) is 0 Å². The Balaban J connectivity index is 1.85. The maximum absolute atomic E-state index is 12.2. The molecule has 4 nitrogen and oxygen atoms in total. The van der Waals surface area contributed by atoms with Crippen molar-refractivity contribution >= 4 is 17.5 Å². The van der Waals surface area contributed by atoms with Crippen molar-refractivity contribution in [2.45, 2.75) is 6.92 Å². The predicted molar refractivity (Wildman–Crippen MR) is 87.0 cm³/mol. The van der Waals surface area contributed by atoms with Crippen molar-refractivity contribution in [3.8, 4) is 11.5 Å². The van der Waals surface area contributed by atoms with Gasteiger partial charge in [-0.05, 0) is 43.3 Å². The Kier molecular flexibility index (Phi) is 5.67. The Bertz CT molecular complexity index is 641. The van der Waals surface area contributed by atoms with E-state index in [1.54, 1.807) is 43.5 Å². The van der Waals surface area contributed by atoms with Gasteiger partial charge in [0.1, 0.15) is 18.1 Å². The molecule has 22 heavy (non-hydrogen) atoms. The Labute approximate surface area is 135 Å². The van der Waals surface area contributed by atoms with Crippen molar-refractivity contribution < 1.29 is 14.3 Å². The molecule has 2 rings (SSSR count). The van der Waals surface area contributed by atoms with Gasteiger partial charge in [0.25, 0.3) is 5.91 Å². The van der Waals surface area contributed by atoms with E-state index in [1.807, 2.05) is 13.0 Å². The summed E-state index contributed by atoms with van der Waals surface area (Å²) in [5.41, 5.74) is 1.53. The maximum atomic E-state index is 12.2. The number of methoxy groups -OCH3 is 1. The molecule has 2 aromatic rings. The van der Waals surface area contributed by atoms with Crippen molar-refractivity contribution in [1.29, 1.82) is 0 Å². The summed E-state index contributed by atoms with van der Waals surface area (Å²) in [6.45, 7) is 2.71. The highest BCUT2D eigenvalue weighted by Gasteiger charge is 2.11. The van der Waals surface area contributed by atoms with E-state index in [2.05, 4.69) is 5.32 Å². The quantitative estimate of drug-likeness (QED) is 0.829. The van der Waals surface area contributed by atoms with Gasteiger partial charge in [0.2, 0.25) is 0 Å². The van der Waals surface area contributed by atoms with E-state index in [9.17, 15) is 4.79 Å². The molecule has 0 aliphatic heterocycles. The highest BCUT2D eigenvalue weighted by atomic mass is 35.5. The van der Waals surface area contributed by atoms with Crippen LogP contribution in [0.2, 0.25) is 5.02 Å². The summed E-state index contributed by atoms with van der Waals surface area (Å²) in [6, 6.07) is 12.6. The third-order valence-corrected chi connectivity index (χ3v) is 3.32. The van der Waals surface area contributed by atoms with Gasteiger partial charge < -0.3 is 14.8 Å². The largest absolute Gasteiger partial charge is 0.496 e. The number of carbonyl (C=O) groups excluding carboxylic acids is 1. The molecule has 0 bridgehead atoms. The lowest BCUT2D eigenvalue weighted by Gasteiger charge is -2.11. The van der Waals surface area contributed by atoms with Crippen molar-refractivity contribution in [3.63, 3.8) is 0 Å². The summed E-state index contributed by atoms with van der Waals surface area (Å²) in [5, 5.41) is 3.47. The molecule has 0 aromatic heterocycles. The molecule has 0 atom stereocenters. The van der Waals surface area contributed by atoms with Gasteiger partial charge in [0.05, 0.1) is 19.2 Å². The van der Waals surface area contributed by atoms with E-state index in [1.165, 1.54) is 0 Å². The number of hydrogen-bond donors (Lipinski definition) is 1. The zero-order valence-corrected chi connectivity index (χ0v) is 13.3. The van der Waals surface area contributed by atoms with Gasteiger partial charge in [0, 0.05) is 5.02 Å². The predicted octanol–water partition coefficient (Wildman–Crippen LogP) is 3.47. The second-order valence-corrected chi connectivity index (χ2v) is 5.20. The Morgan fingerprint density at radius 1 is 1.18 bits per heavy atom. The van der Waals surface area contributed by atoms with Gasteiger partial charge >= 0.3 is 0 Å². The van der Waals surface area contributed by atoms with E-state index in [0.717, 1.165) is 5.56 Å². The summed E-state index contributed by atoms with van der Waals surface area (Å²) in [4.78, 5) is 12.2. The minimum absolute atomic E-state index is 0.180. The molecule has 0 unspecified atom stereocenters. The fourth-order valence-electron chi connectivity index (χ4n) is 1.96. The monoisotopic (exact) mass is 319 g/mol. The first-order chi connectivity index (χ1) is 10.6. The van der Waals surface area contributed by atoms with E-state index in [4.69, 9.17) is 21.1 Å². The average Bonchev–Trinajstić information content (AvgIpc) is 2.53. The second-order valence-electron chi connectivity index (χ2n) is 4.76. The minimum Gasteiger partial charge on any atom is -0.496 e. The van der Waals surface area contributed by atoms with Crippen molar-refractivity contribution in [2.75, 3.05) is 20.3 Å². The summed E-state index contributed by atoms with van der Waals surface area (Å²) in [5.74, 6) is 1.09. The highest BCUT2D eigenvalue weighted by Crippen LogP contribution is 2.19. The maximum Gasteiger partial charge on any atom is 0.255 e. The minimum atomic E-state index is -0.180. The van der Waals surface area contributed by atoms with Crippen molar-refractivity contribution in [1.82, 2.24) is 5.32 Å². The van der Waals surface area contributed by atoms with Crippen LogP contribution in [0.25, 0.3) is 0 Å². The summed E-state index contributed by atoms with van der Waals surface area (Å²) in [6.07, 6.45) is 0. The van der Waals surface area contributed by atoms with Gasteiger partial charge in [0.15, 0.2) is 0 Å². The summed E-state index contributed by atoms with van der Waals surface area (Å²) in [7, 11) is 1.55. The lowest BCUT2D eigenvalue weighted by atomic mass is 10.1. The first-order valence-electron chi connectivity index (χ1n) is 6.91. The SMILES string of the molecule is COc1ccc(C)cc1C(=O)NCCOc1ccc(Cl)cc1. The summed E-state index contributed by atoms with van der Waals surface area (Å²) < 4.78 is 10.7. The standard InChI is InChI=1S/C17H18ClNO3/c1-12-3-8-16(21-2)15(11-12)17(20)19-9-10-22-14-6-4-13(18)5-7-14/h3-8,11H,9-10H2,1-2H3,(H,19,20). The van der Waals surface area contributed by atoms with Crippen LogP contribution in [0.4, 0.5) is 0 Å². The molecule has 0 fully saturated rings. The number of halogens is 1. The molecule has 0 spiro atoms. The van der Waals surface area contributed by atoms with Gasteiger partial charge in [-0.3, -0.25) is 4.79 Å². The van der Waals surface area contributed by atoms with E-state index < -0.39 is 0 Å². The van der Waals surface area contributed by atoms with Crippen LogP contribution in [-0.2, 0) is 0 Å². The van der Waals surface area contributed by atoms with Crippen LogP contribution in [0, 0.1) is 6.92 Å². The van der Waals surface area contributed by atoms with Crippen LogP contribution >= 0.6 is 11.6 Å². The molecule has 0 heterocycles. The van der Waals surface area contributed by atoms with Crippen LogP contribution in [-0.4, -0.2) is 26.2 Å².